The van der Waals surface area contributed by atoms with Gasteiger partial charge in [0.1, 0.15) is 23.2 Å². The molecule has 1 aliphatic rings. The number of carbonyl (C=O) groups is 1. The average Bonchev–Trinajstić information content (AvgIpc) is 2.38. The minimum Gasteiger partial charge on any atom is -0.507 e. The number of piperidine rings is 1. The molecule has 0 amide bonds. The zero-order chi connectivity index (χ0) is 15.6. The number of hydrogen-bond donors (Lipinski definition) is 2. The van der Waals surface area contributed by atoms with E-state index in [1.165, 1.54) is 28.8 Å². The number of aromatic carboxylic acids is 1. The van der Waals surface area contributed by atoms with Crippen LogP contribution in [0.2, 0.25) is 0 Å². The van der Waals surface area contributed by atoms with E-state index in [0.717, 1.165) is 0 Å². The van der Waals surface area contributed by atoms with Gasteiger partial charge in [-0.05, 0) is 25.0 Å². The molecule has 0 saturated carbocycles. The van der Waals surface area contributed by atoms with Gasteiger partial charge in [0.05, 0.1) is 6.26 Å². The fourth-order valence-electron chi connectivity index (χ4n) is 2.24. The monoisotopic (exact) mass is 315 g/mol. The van der Waals surface area contributed by atoms with E-state index in [4.69, 9.17) is 9.84 Å². The summed E-state index contributed by atoms with van der Waals surface area (Å²) in [6.07, 6.45) is 2.12. The first-order chi connectivity index (χ1) is 9.77. The van der Waals surface area contributed by atoms with Crippen molar-refractivity contribution < 1.29 is 28.2 Å². The Bertz CT molecular complexity index is 634. The van der Waals surface area contributed by atoms with Crippen molar-refractivity contribution in [3.63, 3.8) is 0 Å². The zero-order valence-corrected chi connectivity index (χ0v) is 12.3. The first-order valence-electron chi connectivity index (χ1n) is 6.45. The highest BCUT2D eigenvalue weighted by Gasteiger charge is 2.26. The Morgan fingerprint density at radius 2 is 1.95 bits per heavy atom. The summed E-state index contributed by atoms with van der Waals surface area (Å²) in [6.45, 7) is 0.783. The lowest BCUT2D eigenvalue weighted by Gasteiger charge is -2.30. The fraction of sp³-hybridized carbons (Fsp3) is 0.462. The Labute approximate surface area is 122 Å². The third-order valence-corrected chi connectivity index (χ3v) is 4.68. The maximum atomic E-state index is 11.4. The molecule has 1 aromatic rings. The van der Waals surface area contributed by atoms with Crippen LogP contribution in [0.4, 0.5) is 0 Å². The summed E-state index contributed by atoms with van der Waals surface area (Å²) in [6, 6.07) is 4.01. The number of phenols is 1. The van der Waals surface area contributed by atoms with Gasteiger partial charge in [0, 0.05) is 19.2 Å². The van der Waals surface area contributed by atoms with E-state index >= 15 is 0 Å². The van der Waals surface area contributed by atoms with E-state index in [9.17, 15) is 18.3 Å². The summed E-state index contributed by atoms with van der Waals surface area (Å²) >= 11 is 0. The van der Waals surface area contributed by atoms with Crippen LogP contribution < -0.4 is 4.74 Å². The van der Waals surface area contributed by atoms with Gasteiger partial charge in [-0.25, -0.2) is 17.5 Å². The minimum atomic E-state index is -3.17. The van der Waals surface area contributed by atoms with Crippen LogP contribution in [0.3, 0.4) is 0 Å². The van der Waals surface area contributed by atoms with Crippen LogP contribution in [0.5, 0.6) is 11.5 Å². The number of nitrogens with zero attached hydrogens (tertiary/aromatic N) is 1. The number of ether oxygens (including phenoxy) is 1. The smallest absolute Gasteiger partial charge is 0.339 e. The third kappa shape index (κ3) is 3.85. The van der Waals surface area contributed by atoms with Gasteiger partial charge in [-0.2, -0.15) is 0 Å². The van der Waals surface area contributed by atoms with Crippen molar-refractivity contribution in [1.82, 2.24) is 4.31 Å². The summed E-state index contributed by atoms with van der Waals surface area (Å²) < 4.78 is 29.8. The SMILES string of the molecule is CS(=O)(=O)N1CCC(Oc2ccc(C(=O)O)c(O)c2)CC1. The second kappa shape index (κ2) is 5.90. The second-order valence-corrected chi connectivity index (χ2v) is 6.95. The van der Waals surface area contributed by atoms with Crippen LogP contribution in [0.1, 0.15) is 23.2 Å². The standard InChI is InChI=1S/C13H17NO6S/c1-21(18,19)14-6-4-9(5-7-14)20-10-2-3-11(13(16)17)12(15)8-10/h2-3,8-9,15H,4-7H2,1H3,(H,16,17). The normalized spacial score (nSPS) is 17.6. The summed E-state index contributed by atoms with van der Waals surface area (Å²) in [5.41, 5.74) is -0.186. The maximum Gasteiger partial charge on any atom is 0.339 e. The highest BCUT2D eigenvalue weighted by molar-refractivity contribution is 7.88. The minimum absolute atomic E-state index is 0.155. The van der Waals surface area contributed by atoms with Crippen LogP contribution in [0.25, 0.3) is 0 Å². The second-order valence-electron chi connectivity index (χ2n) is 4.96. The molecule has 1 heterocycles. The molecule has 1 fully saturated rings. The topological polar surface area (TPSA) is 104 Å². The van der Waals surface area contributed by atoms with Crippen LogP contribution in [-0.2, 0) is 10.0 Å². The van der Waals surface area contributed by atoms with E-state index in [0.29, 0.717) is 31.7 Å². The largest absolute Gasteiger partial charge is 0.507 e. The Morgan fingerprint density at radius 1 is 1.33 bits per heavy atom. The summed E-state index contributed by atoms with van der Waals surface area (Å²) in [5.74, 6) is -1.19. The van der Waals surface area contributed by atoms with Gasteiger partial charge in [-0.15, -0.1) is 0 Å². The first-order valence-corrected chi connectivity index (χ1v) is 8.30. The number of rotatable bonds is 4. The van der Waals surface area contributed by atoms with Gasteiger partial charge < -0.3 is 14.9 Å². The quantitative estimate of drug-likeness (QED) is 0.855. The molecule has 1 aliphatic heterocycles. The molecular weight excluding hydrogens is 298 g/mol. The van der Waals surface area contributed by atoms with Gasteiger partial charge in [0.15, 0.2) is 0 Å². The molecule has 0 spiro atoms. The molecule has 0 aromatic heterocycles. The highest BCUT2D eigenvalue weighted by atomic mass is 32.2. The van der Waals surface area contributed by atoms with Gasteiger partial charge in [-0.3, -0.25) is 0 Å². The van der Waals surface area contributed by atoms with Crippen molar-refractivity contribution >= 4 is 16.0 Å². The molecule has 0 aliphatic carbocycles. The fourth-order valence-corrected chi connectivity index (χ4v) is 3.11. The van der Waals surface area contributed by atoms with Crippen LogP contribution in [0.15, 0.2) is 18.2 Å². The van der Waals surface area contributed by atoms with Crippen molar-refractivity contribution in [2.45, 2.75) is 18.9 Å². The van der Waals surface area contributed by atoms with Crippen molar-refractivity contribution in [1.29, 1.82) is 0 Å². The van der Waals surface area contributed by atoms with Gasteiger partial charge >= 0.3 is 5.97 Å². The molecule has 0 atom stereocenters. The van der Waals surface area contributed by atoms with Gasteiger partial charge in [-0.1, -0.05) is 0 Å². The number of hydrogen-bond acceptors (Lipinski definition) is 5. The third-order valence-electron chi connectivity index (χ3n) is 3.37. The molecule has 2 rings (SSSR count). The lowest BCUT2D eigenvalue weighted by molar-refractivity contribution is 0.0693. The van der Waals surface area contributed by atoms with E-state index in [-0.39, 0.29) is 17.4 Å². The zero-order valence-electron chi connectivity index (χ0n) is 11.5. The summed E-state index contributed by atoms with van der Waals surface area (Å²) in [7, 11) is -3.17. The molecule has 0 unspecified atom stereocenters. The molecule has 7 nitrogen and oxygen atoms in total. The Kier molecular flexibility index (Phi) is 4.38. The number of sulfonamides is 1. The van der Waals surface area contributed by atoms with Crippen molar-refractivity contribution in [3.8, 4) is 11.5 Å². The summed E-state index contributed by atoms with van der Waals surface area (Å²) in [5, 5.41) is 18.4. The lowest BCUT2D eigenvalue weighted by Crippen LogP contribution is -2.41. The lowest BCUT2D eigenvalue weighted by atomic mass is 10.1. The molecule has 8 heteroatoms. The van der Waals surface area contributed by atoms with Gasteiger partial charge in [0.2, 0.25) is 10.0 Å². The Morgan fingerprint density at radius 3 is 2.43 bits per heavy atom. The van der Waals surface area contributed by atoms with E-state index in [2.05, 4.69) is 0 Å². The summed E-state index contributed by atoms with van der Waals surface area (Å²) in [4.78, 5) is 10.8. The van der Waals surface area contributed by atoms with Crippen LogP contribution in [0, 0.1) is 0 Å². The Balaban J connectivity index is 1.98. The average molecular weight is 315 g/mol. The highest BCUT2D eigenvalue weighted by Crippen LogP contribution is 2.26. The van der Waals surface area contributed by atoms with Gasteiger partial charge in [0.25, 0.3) is 0 Å². The van der Waals surface area contributed by atoms with Crippen LogP contribution in [-0.4, -0.2) is 54.4 Å². The van der Waals surface area contributed by atoms with Crippen LogP contribution >= 0.6 is 0 Å². The molecular formula is C13H17NO6S. The van der Waals surface area contributed by atoms with E-state index in [1.807, 2.05) is 0 Å². The molecule has 21 heavy (non-hydrogen) atoms. The number of aromatic hydroxyl groups is 1. The molecule has 116 valence electrons. The first kappa shape index (κ1) is 15.6. The molecule has 1 saturated heterocycles. The van der Waals surface area contributed by atoms with Crippen molar-refractivity contribution in [3.05, 3.63) is 23.8 Å². The van der Waals surface area contributed by atoms with E-state index in [1.54, 1.807) is 0 Å². The maximum absolute atomic E-state index is 11.4. The number of carboxylic acids is 1. The Hall–Kier alpha value is -1.80. The van der Waals surface area contributed by atoms with Crippen molar-refractivity contribution in [2.24, 2.45) is 0 Å². The predicted octanol–water partition coefficient (Wildman–Crippen LogP) is 0.893. The van der Waals surface area contributed by atoms with E-state index < -0.39 is 16.0 Å². The molecule has 2 N–H and O–H groups in total. The van der Waals surface area contributed by atoms with Crippen molar-refractivity contribution in [2.75, 3.05) is 19.3 Å². The molecule has 0 bridgehead atoms. The number of carboxylic acid groups (broad SMARTS) is 1. The molecule has 1 aromatic carbocycles. The molecule has 0 radical (unpaired) electrons. The predicted molar refractivity (Wildman–Crippen MR) is 75.1 cm³/mol. The number of benzene rings is 1.